The molecule has 120 valence electrons. The number of likely N-dealkylation sites (tertiary alicyclic amines) is 1. The van der Waals surface area contributed by atoms with Crippen LogP contribution in [-0.4, -0.2) is 55.0 Å². The van der Waals surface area contributed by atoms with Crippen molar-refractivity contribution in [3.8, 4) is 0 Å². The summed E-state index contributed by atoms with van der Waals surface area (Å²) in [4.78, 5) is 2.09. The van der Waals surface area contributed by atoms with E-state index in [1.165, 1.54) is 0 Å². The minimum atomic E-state index is -4.49. The number of rotatable bonds is 3. The molecular formula is C13H24ClF3N2O. The summed E-state index contributed by atoms with van der Waals surface area (Å²) in [6.45, 7) is 6.11. The first-order valence-electron chi connectivity index (χ1n) is 6.98. The zero-order valence-corrected chi connectivity index (χ0v) is 12.6. The molecule has 0 aromatic carbocycles. The van der Waals surface area contributed by atoms with Crippen molar-refractivity contribution < 1.29 is 18.3 Å². The normalized spacial score (nSPS) is 33.8. The Balaban J connectivity index is 0.00000200. The van der Waals surface area contributed by atoms with E-state index < -0.39 is 18.2 Å². The Labute approximate surface area is 124 Å². The van der Waals surface area contributed by atoms with Crippen molar-refractivity contribution in [1.82, 2.24) is 10.2 Å². The number of aliphatic hydroxyl groups excluding tert-OH is 1. The summed E-state index contributed by atoms with van der Waals surface area (Å²) in [5, 5.41) is 12.7. The van der Waals surface area contributed by atoms with Gasteiger partial charge in [-0.25, -0.2) is 0 Å². The molecule has 0 aliphatic carbocycles. The fourth-order valence-electron chi connectivity index (χ4n) is 3.30. The van der Waals surface area contributed by atoms with Gasteiger partial charge in [-0.05, 0) is 37.8 Å². The number of nitrogens with zero attached hydrogens (tertiary/aromatic N) is 1. The van der Waals surface area contributed by atoms with Crippen molar-refractivity contribution >= 4 is 12.4 Å². The molecular weight excluding hydrogens is 293 g/mol. The quantitative estimate of drug-likeness (QED) is 0.836. The third kappa shape index (κ3) is 4.48. The Morgan fingerprint density at radius 3 is 2.70 bits per heavy atom. The summed E-state index contributed by atoms with van der Waals surface area (Å²) < 4.78 is 37.7. The highest BCUT2D eigenvalue weighted by Crippen LogP contribution is 2.33. The van der Waals surface area contributed by atoms with Gasteiger partial charge in [0.1, 0.15) is 0 Å². The Morgan fingerprint density at radius 2 is 2.15 bits per heavy atom. The Kier molecular flexibility index (Phi) is 6.14. The van der Waals surface area contributed by atoms with E-state index in [2.05, 4.69) is 17.1 Å². The third-order valence-corrected chi connectivity index (χ3v) is 4.39. The maximum Gasteiger partial charge on any atom is 0.414 e. The second-order valence-corrected chi connectivity index (χ2v) is 6.36. The molecule has 0 aromatic rings. The molecule has 7 heteroatoms. The number of halogens is 4. The molecule has 2 heterocycles. The topological polar surface area (TPSA) is 35.5 Å². The summed E-state index contributed by atoms with van der Waals surface area (Å²) in [5.74, 6) is -0.674. The second kappa shape index (κ2) is 6.81. The van der Waals surface area contributed by atoms with Gasteiger partial charge in [-0.3, -0.25) is 0 Å². The molecule has 0 spiro atoms. The van der Waals surface area contributed by atoms with Gasteiger partial charge in [0.25, 0.3) is 0 Å². The highest BCUT2D eigenvalue weighted by Gasteiger charge is 2.45. The predicted octanol–water partition coefficient (Wildman–Crippen LogP) is 2.04. The number of hydrogen-bond donors (Lipinski definition) is 2. The van der Waals surface area contributed by atoms with E-state index in [1.807, 2.05) is 0 Å². The molecule has 3 nitrogen and oxygen atoms in total. The van der Waals surface area contributed by atoms with Crippen LogP contribution in [-0.2, 0) is 0 Å². The van der Waals surface area contributed by atoms with Crippen LogP contribution in [0.1, 0.15) is 26.2 Å². The molecule has 2 N–H and O–H groups in total. The molecule has 0 amide bonds. The van der Waals surface area contributed by atoms with Crippen molar-refractivity contribution in [2.75, 3.05) is 32.7 Å². The van der Waals surface area contributed by atoms with Crippen molar-refractivity contribution in [3.05, 3.63) is 0 Å². The van der Waals surface area contributed by atoms with Gasteiger partial charge in [0.15, 0.2) is 6.10 Å². The Morgan fingerprint density at radius 1 is 1.45 bits per heavy atom. The first kappa shape index (κ1) is 18.0. The lowest BCUT2D eigenvalue weighted by Crippen LogP contribution is -2.48. The highest BCUT2D eigenvalue weighted by molar-refractivity contribution is 5.85. The molecule has 2 aliphatic heterocycles. The molecule has 3 atom stereocenters. The van der Waals surface area contributed by atoms with Crippen LogP contribution in [0.2, 0.25) is 0 Å². The average molecular weight is 317 g/mol. The van der Waals surface area contributed by atoms with Gasteiger partial charge in [0, 0.05) is 25.6 Å². The highest BCUT2D eigenvalue weighted by atomic mass is 35.5. The Hall–Kier alpha value is -0.0400. The number of hydrogen-bond acceptors (Lipinski definition) is 3. The molecule has 2 fully saturated rings. The summed E-state index contributed by atoms with van der Waals surface area (Å²) >= 11 is 0. The molecule has 2 rings (SSSR count). The van der Waals surface area contributed by atoms with Crippen molar-refractivity contribution in [2.24, 2.45) is 11.3 Å². The number of aliphatic hydroxyl groups is 1. The molecule has 3 unspecified atom stereocenters. The van der Waals surface area contributed by atoms with Crippen molar-refractivity contribution in [3.63, 3.8) is 0 Å². The first-order chi connectivity index (χ1) is 8.80. The van der Waals surface area contributed by atoms with Gasteiger partial charge < -0.3 is 15.3 Å². The van der Waals surface area contributed by atoms with E-state index in [0.29, 0.717) is 13.0 Å². The van der Waals surface area contributed by atoms with Gasteiger partial charge in [-0.1, -0.05) is 6.92 Å². The summed E-state index contributed by atoms with van der Waals surface area (Å²) in [5.41, 5.74) is 0.158. The van der Waals surface area contributed by atoms with Crippen LogP contribution in [0.5, 0.6) is 0 Å². The van der Waals surface area contributed by atoms with E-state index in [4.69, 9.17) is 0 Å². The van der Waals surface area contributed by atoms with Crippen LogP contribution in [0.3, 0.4) is 0 Å². The average Bonchev–Trinajstić information content (AvgIpc) is 2.74. The van der Waals surface area contributed by atoms with Crippen LogP contribution < -0.4 is 5.32 Å². The molecule has 2 aliphatic rings. The van der Waals surface area contributed by atoms with Gasteiger partial charge >= 0.3 is 6.18 Å². The largest absolute Gasteiger partial charge is 0.414 e. The lowest BCUT2D eigenvalue weighted by atomic mass is 9.86. The van der Waals surface area contributed by atoms with Gasteiger partial charge in [0.05, 0.1) is 0 Å². The van der Waals surface area contributed by atoms with E-state index in [-0.39, 0.29) is 17.8 Å². The first-order valence-corrected chi connectivity index (χ1v) is 6.98. The Bertz CT molecular complexity index is 308. The van der Waals surface area contributed by atoms with E-state index >= 15 is 0 Å². The zero-order valence-electron chi connectivity index (χ0n) is 11.7. The monoisotopic (exact) mass is 316 g/mol. The molecule has 20 heavy (non-hydrogen) atoms. The zero-order chi connectivity index (χ0) is 14.1. The standard InChI is InChI=1S/C13H23F3N2O.ClH/c1-12(4-5-17-8-12)9-18-6-2-3-10(7-18)11(19)13(14,15)16;/h10-11,17,19H,2-9H2,1H3;1H. The van der Waals surface area contributed by atoms with Crippen molar-refractivity contribution in [1.29, 1.82) is 0 Å². The number of nitrogens with one attached hydrogen (secondary N) is 1. The van der Waals surface area contributed by atoms with Crippen LogP contribution in [0.25, 0.3) is 0 Å². The van der Waals surface area contributed by atoms with Crippen LogP contribution in [0.15, 0.2) is 0 Å². The lowest BCUT2D eigenvalue weighted by Gasteiger charge is -2.39. The molecule has 0 radical (unpaired) electrons. The van der Waals surface area contributed by atoms with Crippen LogP contribution in [0, 0.1) is 11.3 Å². The van der Waals surface area contributed by atoms with E-state index in [0.717, 1.165) is 39.0 Å². The maximum absolute atomic E-state index is 12.6. The molecule has 2 saturated heterocycles. The van der Waals surface area contributed by atoms with Gasteiger partial charge in [0.2, 0.25) is 0 Å². The minimum Gasteiger partial charge on any atom is -0.383 e. The van der Waals surface area contributed by atoms with Crippen molar-refractivity contribution in [2.45, 2.75) is 38.5 Å². The predicted molar refractivity (Wildman–Crippen MR) is 74.1 cm³/mol. The number of piperidine rings is 1. The van der Waals surface area contributed by atoms with Crippen LogP contribution >= 0.6 is 12.4 Å². The molecule has 0 bridgehead atoms. The fourth-order valence-corrected chi connectivity index (χ4v) is 3.30. The fraction of sp³-hybridized carbons (Fsp3) is 1.00. The van der Waals surface area contributed by atoms with Gasteiger partial charge in [-0.15, -0.1) is 12.4 Å². The minimum absolute atomic E-state index is 0. The molecule has 0 saturated carbocycles. The second-order valence-electron chi connectivity index (χ2n) is 6.36. The molecule has 0 aromatic heterocycles. The summed E-state index contributed by atoms with van der Waals surface area (Å²) in [6.07, 6.45) is -4.40. The third-order valence-electron chi connectivity index (χ3n) is 4.39. The summed E-state index contributed by atoms with van der Waals surface area (Å²) in [7, 11) is 0. The number of alkyl halides is 3. The maximum atomic E-state index is 12.6. The SMILES string of the molecule is CC1(CN2CCCC(C(O)C(F)(F)F)C2)CCNC1.Cl. The van der Waals surface area contributed by atoms with Gasteiger partial charge in [-0.2, -0.15) is 13.2 Å². The van der Waals surface area contributed by atoms with Crippen LogP contribution in [0.4, 0.5) is 13.2 Å². The smallest absolute Gasteiger partial charge is 0.383 e. The van der Waals surface area contributed by atoms with E-state index in [9.17, 15) is 18.3 Å². The summed E-state index contributed by atoms with van der Waals surface area (Å²) in [6, 6.07) is 0. The van der Waals surface area contributed by atoms with E-state index in [1.54, 1.807) is 0 Å². The lowest BCUT2D eigenvalue weighted by molar-refractivity contribution is -0.223.